The number of hydrogen-bond donors (Lipinski definition) is 1. The molecule has 1 amide bonds. The maximum Gasteiger partial charge on any atom is 0.349 e. The molecule has 1 aromatic heterocycles. The van der Waals surface area contributed by atoms with Gasteiger partial charge in [-0.25, -0.2) is 0 Å². The number of halogens is 4. The Morgan fingerprint density at radius 2 is 1.80 bits per heavy atom. The molecule has 9 heteroatoms. The van der Waals surface area contributed by atoms with Crippen LogP contribution in [0.5, 0.6) is 0 Å². The highest BCUT2D eigenvalue weighted by molar-refractivity contribution is 5.83. The van der Waals surface area contributed by atoms with Crippen LogP contribution in [0.15, 0.2) is 28.7 Å². The van der Waals surface area contributed by atoms with E-state index in [9.17, 15) is 22.4 Å². The van der Waals surface area contributed by atoms with Crippen molar-refractivity contribution < 1.29 is 26.8 Å². The highest BCUT2D eigenvalue weighted by atomic mass is 19.3. The van der Waals surface area contributed by atoms with Gasteiger partial charge in [-0.05, 0) is 12.1 Å². The minimum Gasteiger partial charge on any atom is -0.415 e. The van der Waals surface area contributed by atoms with E-state index in [1.54, 1.807) is 0 Å². The van der Waals surface area contributed by atoms with Gasteiger partial charge in [0.2, 0.25) is 5.89 Å². The molecule has 0 spiro atoms. The van der Waals surface area contributed by atoms with Gasteiger partial charge >= 0.3 is 12.3 Å². The Bertz CT molecular complexity index is 625. The van der Waals surface area contributed by atoms with Gasteiger partial charge in [0.1, 0.15) is 0 Å². The van der Waals surface area contributed by atoms with Gasteiger partial charge in [0.05, 0.1) is 0 Å². The first-order valence-corrected chi connectivity index (χ1v) is 5.22. The fourth-order valence-electron chi connectivity index (χ4n) is 1.40. The van der Waals surface area contributed by atoms with Crippen molar-refractivity contribution in [3.8, 4) is 11.5 Å². The number of carbonyl (C=O) groups is 1. The van der Waals surface area contributed by atoms with E-state index in [1.165, 1.54) is 0 Å². The molecule has 2 aromatic rings. The van der Waals surface area contributed by atoms with E-state index in [0.717, 1.165) is 24.3 Å². The Balaban J connectivity index is 2.30. The number of alkyl halides is 4. The van der Waals surface area contributed by atoms with Gasteiger partial charge in [-0.15, -0.1) is 10.2 Å². The predicted molar refractivity (Wildman–Crippen MR) is 57.8 cm³/mol. The van der Waals surface area contributed by atoms with Crippen LogP contribution in [0.2, 0.25) is 0 Å². The van der Waals surface area contributed by atoms with Crippen molar-refractivity contribution in [2.45, 2.75) is 12.3 Å². The van der Waals surface area contributed by atoms with Crippen LogP contribution in [-0.2, 0) is 10.7 Å². The van der Waals surface area contributed by atoms with Crippen molar-refractivity contribution in [2.75, 3.05) is 0 Å². The number of nitrogens with two attached hydrogens (primary N) is 1. The lowest BCUT2D eigenvalue weighted by molar-refractivity contribution is -0.143. The summed E-state index contributed by atoms with van der Waals surface area (Å²) in [5.74, 6) is -6.72. The molecule has 0 aliphatic carbocycles. The Labute approximate surface area is 109 Å². The zero-order valence-electron chi connectivity index (χ0n) is 9.69. The SMILES string of the molecule is NC(=O)C(F)(F)c1ccc(-c2nnc(C(F)F)o2)cc1. The number of hydrogen-bond acceptors (Lipinski definition) is 4. The molecular formula is C11H7F4N3O2. The summed E-state index contributed by atoms with van der Waals surface area (Å²) in [6.07, 6.45) is -2.92. The van der Waals surface area contributed by atoms with E-state index in [-0.39, 0.29) is 11.5 Å². The van der Waals surface area contributed by atoms with Gasteiger partial charge < -0.3 is 10.2 Å². The van der Waals surface area contributed by atoms with Crippen molar-refractivity contribution in [1.29, 1.82) is 0 Å². The lowest BCUT2D eigenvalue weighted by Crippen LogP contribution is -2.32. The Morgan fingerprint density at radius 3 is 2.25 bits per heavy atom. The smallest absolute Gasteiger partial charge is 0.349 e. The first kappa shape index (κ1) is 14.0. The summed E-state index contributed by atoms with van der Waals surface area (Å²) < 4.78 is 55.8. The van der Waals surface area contributed by atoms with Crippen LogP contribution in [0.25, 0.3) is 11.5 Å². The molecule has 0 fully saturated rings. The second kappa shape index (κ2) is 4.91. The van der Waals surface area contributed by atoms with Crippen LogP contribution >= 0.6 is 0 Å². The summed E-state index contributed by atoms with van der Waals surface area (Å²) in [6.45, 7) is 0. The Morgan fingerprint density at radius 1 is 1.20 bits per heavy atom. The summed E-state index contributed by atoms with van der Waals surface area (Å²) in [5, 5.41) is 6.46. The average molecular weight is 289 g/mol. The molecule has 0 unspecified atom stereocenters. The molecule has 106 valence electrons. The average Bonchev–Trinajstić information content (AvgIpc) is 2.88. The summed E-state index contributed by atoms with van der Waals surface area (Å²) in [4.78, 5) is 10.6. The molecule has 20 heavy (non-hydrogen) atoms. The van der Waals surface area contributed by atoms with Crippen LogP contribution in [-0.4, -0.2) is 16.1 Å². The first-order chi connectivity index (χ1) is 9.32. The van der Waals surface area contributed by atoms with Gasteiger partial charge in [0.25, 0.3) is 11.8 Å². The second-order valence-corrected chi connectivity index (χ2v) is 3.76. The number of nitrogens with zero attached hydrogens (tertiary/aromatic N) is 2. The van der Waals surface area contributed by atoms with Gasteiger partial charge in [0, 0.05) is 11.1 Å². The van der Waals surface area contributed by atoms with Crippen LogP contribution in [0.1, 0.15) is 17.9 Å². The van der Waals surface area contributed by atoms with Crippen LogP contribution in [0.3, 0.4) is 0 Å². The lowest BCUT2D eigenvalue weighted by atomic mass is 10.1. The van der Waals surface area contributed by atoms with Crippen LogP contribution < -0.4 is 5.73 Å². The van der Waals surface area contributed by atoms with E-state index < -0.39 is 29.7 Å². The van der Waals surface area contributed by atoms with E-state index in [2.05, 4.69) is 20.3 Å². The summed E-state index contributed by atoms with van der Waals surface area (Å²) in [7, 11) is 0. The van der Waals surface area contributed by atoms with Gasteiger partial charge in [-0.1, -0.05) is 12.1 Å². The molecule has 2 N–H and O–H groups in total. The summed E-state index contributed by atoms with van der Waals surface area (Å²) in [6, 6.07) is 4.11. The lowest BCUT2D eigenvalue weighted by Gasteiger charge is -2.12. The molecule has 0 aliphatic rings. The van der Waals surface area contributed by atoms with Crippen molar-refractivity contribution >= 4 is 5.91 Å². The molecule has 2 rings (SSSR count). The van der Waals surface area contributed by atoms with Crippen molar-refractivity contribution in [3.05, 3.63) is 35.7 Å². The number of aromatic nitrogens is 2. The standard InChI is InChI=1S/C11H7F4N3O2/c12-7(13)9-18-17-8(20-9)5-1-3-6(4-2-5)11(14,15)10(16)19/h1-4,7H,(H2,16,19). The van der Waals surface area contributed by atoms with Crippen LogP contribution in [0.4, 0.5) is 17.6 Å². The number of rotatable bonds is 4. The molecule has 0 aliphatic heterocycles. The topological polar surface area (TPSA) is 82.0 Å². The van der Waals surface area contributed by atoms with E-state index in [1.807, 2.05) is 0 Å². The van der Waals surface area contributed by atoms with E-state index >= 15 is 0 Å². The fourth-order valence-corrected chi connectivity index (χ4v) is 1.40. The molecule has 1 heterocycles. The van der Waals surface area contributed by atoms with Gasteiger partial charge in [-0.2, -0.15) is 17.6 Å². The zero-order valence-corrected chi connectivity index (χ0v) is 9.69. The number of carbonyl (C=O) groups excluding carboxylic acids is 1. The number of amides is 1. The maximum atomic E-state index is 13.3. The minimum absolute atomic E-state index is 0.161. The predicted octanol–water partition coefficient (Wildman–Crippen LogP) is 2.25. The van der Waals surface area contributed by atoms with Crippen molar-refractivity contribution in [1.82, 2.24) is 10.2 Å². The molecule has 0 atom stereocenters. The minimum atomic E-state index is -3.82. The third-order valence-corrected chi connectivity index (χ3v) is 2.43. The highest BCUT2D eigenvalue weighted by Gasteiger charge is 2.38. The third kappa shape index (κ3) is 2.46. The molecule has 5 nitrogen and oxygen atoms in total. The van der Waals surface area contributed by atoms with Crippen LogP contribution in [0, 0.1) is 0 Å². The van der Waals surface area contributed by atoms with E-state index in [0.29, 0.717) is 0 Å². The normalized spacial score (nSPS) is 11.8. The Hall–Kier alpha value is -2.45. The molecule has 0 saturated heterocycles. The molecule has 0 saturated carbocycles. The van der Waals surface area contributed by atoms with Gasteiger partial charge in [0.15, 0.2) is 0 Å². The van der Waals surface area contributed by atoms with Gasteiger partial charge in [-0.3, -0.25) is 4.79 Å². The molecular weight excluding hydrogens is 282 g/mol. The summed E-state index contributed by atoms with van der Waals surface area (Å²) >= 11 is 0. The monoisotopic (exact) mass is 289 g/mol. The fraction of sp³-hybridized carbons (Fsp3) is 0.182. The quantitative estimate of drug-likeness (QED) is 0.875. The third-order valence-electron chi connectivity index (χ3n) is 2.43. The molecule has 1 aromatic carbocycles. The highest BCUT2D eigenvalue weighted by Crippen LogP contribution is 2.30. The van der Waals surface area contributed by atoms with Crippen molar-refractivity contribution in [2.24, 2.45) is 5.73 Å². The maximum absolute atomic E-state index is 13.3. The molecule has 0 radical (unpaired) electrons. The number of primary amides is 1. The van der Waals surface area contributed by atoms with Crippen molar-refractivity contribution in [3.63, 3.8) is 0 Å². The second-order valence-electron chi connectivity index (χ2n) is 3.76. The molecule has 0 bridgehead atoms. The number of benzene rings is 1. The van der Waals surface area contributed by atoms with E-state index in [4.69, 9.17) is 0 Å². The largest absolute Gasteiger partial charge is 0.415 e. The Kier molecular flexibility index (Phi) is 3.43. The first-order valence-electron chi connectivity index (χ1n) is 5.22. The zero-order chi connectivity index (χ0) is 14.9. The summed E-state index contributed by atoms with van der Waals surface area (Å²) in [5.41, 5.74) is 4.11.